The average Bonchev–Trinajstić information content (AvgIpc) is 2.65. The maximum Gasteiger partial charge on any atom is 0.387 e. The van der Waals surface area contributed by atoms with Crippen molar-refractivity contribution in [3.8, 4) is 17.2 Å². The molecule has 2 aromatic rings. The molecule has 7 nitrogen and oxygen atoms in total. The van der Waals surface area contributed by atoms with Crippen LogP contribution in [0.2, 0.25) is 0 Å². The van der Waals surface area contributed by atoms with E-state index in [4.69, 9.17) is 9.47 Å². The number of ether oxygens (including phenoxy) is 3. The van der Waals surface area contributed by atoms with Crippen molar-refractivity contribution in [3.05, 3.63) is 48.0 Å². The van der Waals surface area contributed by atoms with E-state index in [9.17, 15) is 18.4 Å². The number of halogens is 2. The zero-order valence-electron chi connectivity index (χ0n) is 15.3. The maximum absolute atomic E-state index is 12.3. The van der Waals surface area contributed by atoms with E-state index < -0.39 is 12.5 Å². The number of nitrogens with one attached hydrogen (secondary N) is 2. The first-order valence-electron chi connectivity index (χ1n) is 8.27. The first-order valence-corrected chi connectivity index (χ1v) is 8.27. The fourth-order valence-corrected chi connectivity index (χ4v) is 2.30. The Morgan fingerprint density at radius 2 is 1.82 bits per heavy atom. The molecule has 0 saturated carbocycles. The quantitative estimate of drug-likeness (QED) is 0.683. The molecule has 0 atom stereocenters. The van der Waals surface area contributed by atoms with Gasteiger partial charge in [-0.1, -0.05) is 18.2 Å². The number of carbonyl (C=O) groups excluding carboxylic acids is 2. The fraction of sp³-hybridized carbons (Fsp3) is 0.263. The number of anilines is 1. The molecule has 0 heterocycles. The van der Waals surface area contributed by atoms with Crippen LogP contribution in [0, 0.1) is 0 Å². The van der Waals surface area contributed by atoms with Gasteiger partial charge in [-0.05, 0) is 29.8 Å². The van der Waals surface area contributed by atoms with E-state index in [0.29, 0.717) is 17.0 Å². The van der Waals surface area contributed by atoms with Crippen LogP contribution in [0.15, 0.2) is 42.5 Å². The largest absolute Gasteiger partial charge is 0.493 e. The van der Waals surface area contributed by atoms with Gasteiger partial charge in [-0.15, -0.1) is 0 Å². The predicted octanol–water partition coefficient (Wildman–Crippen LogP) is 2.95. The molecule has 2 rings (SSSR count). The van der Waals surface area contributed by atoms with Crippen LogP contribution in [0.1, 0.15) is 12.5 Å². The second-order valence-corrected chi connectivity index (χ2v) is 5.61. The summed E-state index contributed by atoms with van der Waals surface area (Å²) in [5, 5.41) is 5.26. The molecule has 0 spiro atoms. The van der Waals surface area contributed by atoms with Crippen LogP contribution in [0.5, 0.6) is 17.2 Å². The smallest absolute Gasteiger partial charge is 0.387 e. The van der Waals surface area contributed by atoms with Crippen molar-refractivity contribution < 1.29 is 32.6 Å². The molecular formula is C19H20F2N2O5. The van der Waals surface area contributed by atoms with Gasteiger partial charge in [0, 0.05) is 13.5 Å². The molecule has 2 aromatic carbocycles. The molecule has 0 aliphatic carbocycles. The Balaban J connectivity index is 1.90. The highest BCUT2D eigenvalue weighted by atomic mass is 19.3. The average molecular weight is 394 g/mol. The summed E-state index contributed by atoms with van der Waals surface area (Å²) in [6.45, 7) is -1.71. The molecule has 0 saturated heterocycles. The van der Waals surface area contributed by atoms with E-state index in [1.807, 2.05) is 0 Å². The highest BCUT2D eigenvalue weighted by molar-refractivity contribution is 5.90. The SMILES string of the molecule is COc1cc(CNC(=O)COc2ccccc2NC(C)=O)ccc1OC(F)F. The molecule has 0 bridgehead atoms. The molecule has 150 valence electrons. The van der Waals surface area contributed by atoms with Gasteiger partial charge >= 0.3 is 6.61 Å². The molecule has 0 radical (unpaired) electrons. The van der Waals surface area contributed by atoms with Gasteiger partial charge < -0.3 is 24.8 Å². The number of para-hydroxylation sites is 2. The summed E-state index contributed by atoms with van der Waals surface area (Å²) in [6, 6.07) is 11.1. The summed E-state index contributed by atoms with van der Waals surface area (Å²) in [7, 11) is 1.33. The summed E-state index contributed by atoms with van der Waals surface area (Å²) in [5.41, 5.74) is 1.09. The summed E-state index contributed by atoms with van der Waals surface area (Å²) >= 11 is 0. The third-order valence-corrected chi connectivity index (χ3v) is 3.49. The van der Waals surface area contributed by atoms with E-state index in [0.717, 1.165) is 0 Å². The number of hydrogen-bond acceptors (Lipinski definition) is 5. The van der Waals surface area contributed by atoms with Crippen molar-refractivity contribution >= 4 is 17.5 Å². The van der Waals surface area contributed by atoms with Crippen LogP contribution >= 0.6 is 0 Å². The second kappa shape index (κ2) is 10.1. The number of amides is 2. The van der Waals surface area contributed by atoms with Crippen LogP contribution < -0.4 is 24.8 Å². The minimum absolute atomic E-state index is 0.0921. The minimum atomic E-state index is -2.96. The van der Waals surface area contributed by atoms with E-state index in [2.05, 4.69) is 15.4 Å². The number of alkyl halides is 2. The second-order valence-electron chi connectivity index (χ2n) is 5.61. The molecule has 9 heteroatoms. The zero-order valence-corrected chi connectivity index (χ0v) is 15.3. The molecule has 0 unspecified atom stereocenters. The van der Waals surface area contributed by atoms with Crippen molar-refractivity contribution in [3.63, 3.8) is 0 Å². The van der Waals surface area contributed by atoms with E-state index in [-0.39, 0.29) is 30.6 Å². The number of hydrogen-bond donors (Lipinski definition) is 2. The van der Waals surface area contributed by atoms with Crippen LogP contribution in [0.3, 0.4) is 0 Å². The van der Waals surface area contributed by atoms with Crippen molar-refractivity contribution in [2.45, 2.75) is 20.1 Å². The number of carbonyl (C=O) groups is 2. The summed E-state index contributed by atoms with van der Waals surface area (Å²) in [5.74, 6) is -0.251. The van der Waals surface area contributed by atoms with Gasteiger partial charge in [0.15, 0.2) is 18.1 Å². The van der Waals surface area contributed by atoms with Gasteiger partial charge in [0.1, 0.15) is 5.75 Å². The van der Waals surface area contributed by atoms with Gasteiger partial charge in [-0.3, -0.25) is 9.59 Å². The molecule has 0 aromatic heterocycles. The molecule has 28 heavy (non-hydrogen) atoms. The Labute approximate surface area is 160 Å². The number of rotatable bonds is 9. The van der Waals surface area contributed by atoms with Crippen molar-refractivity contribution in [2.75, 3.05) is 19.0 Å². The first-order chi connectivity index (χ1) is 13.4. The topological polar surface area (TPSA) is 85.9 Å². The van der Waals surface area contributed by atoms with E-state index >= 15 is 0 Å². The number of benzene rings is 2. The Hall–Kier alpha value is -3.36. The van der Waals surface area contributed by atoms with Crippen molar-refractivity contribution in [2.24, 2.45) is 0 Å². The van der Waals surface area contributed by atoms with Crippen LogP contribution in [-0.4, -0.2) is 32.1 Å². The Bertz CT molecular complexity index is 830. The normalized spacial score (nSPS) is 10.3. The third-order valence-electron chi connectivity index (χ3n) is 3.49. The van der Waals surface area contributed by atoms with Gasteiger partial charge in [-0.2, -0.15) is 8.78 Å². The maximum atomic E-state index is 12.3. The van der Waals surface area contributed by atoms with E-state index in [1.54, 1.807) is 24.3 Å². The monoisotopic (exact) mass is 394 g/mol. The van der Waals surface area contributed by atoms with Gasteiger partial charge in [0.05, 0.1) is 12.8 Å². The third kappa shape index (κ3) is 6.42. The van der Waals surface area contributed by atoms with Crippen LogP contribution in [0.25, 0.3) is 0 Å². The van der Waals surface area contributed by atoms with E-state index in [1.165, 1.54) is 32.2 Å². The Kier molecular flexibility index (Phi) is 7.55. The zero-order chi connectivity index (χ0) is 20.5. The lowest BCUT2D eigenvalue weighted by atomic mass is 10.2. The summed E-state index contributed by atoms with van der Waals surface area (Å²) in [6.07, 6.45) is 0. The highest BCUT2D eigenvalue weighted by Gasteiger charge is 2.12. The van der Waals surface area contributed by atoms with Crippen LogP contribution in [0.4, 0.5) is 14.5 Å². The molecule has 0 aliphatic heterocycles. The number of methoxy groups -OCH3 is 1. The molecule has 2 N–H and O–H groups in total. The molecule has 2 amide bonds. The van der Waals surface area contributed by atoms with Crippen molar-refractivity contribution in [1.29, 1.82) is 0 Å². The molecule has 0 aliphatic rings. The predicted molar refractivity (Wildman–Crippen MR) is 97.7 cm³/mol. The lowest BCUT2D eigenvalue weighted by Crippen LogP contribution is -2.28. The van der Waals surface area contributed by atoms with Gasteiger partial charge in [0.2, 0.25) is 5.91 Å². The Morgan fingerprint density at radius 1 is 1.07 bits per heavy atom. The summed E-state index contributed by atoms with van der Waals surface area (Å²) in [4.78, 5) is 23.2. The molecule has 0 fully saturated rings. The lowest BCUT2D eigenvalue weighted by Gasteiger charge is -2.13. The molecular weight excluding hydrogens is 374 g/mol. The standard InChI is InChI=1S/C19H20F2N2O5/c1-12(24)23-14-5-3-4-6-15(14)27-11-18(25)22-10-13-7-8-16(28-19(20)21)17(9-13)26-2/h3-9,19H,10-11H2,1-2H3,(H,22,25)(H,23,24). The first kappa shape index (κ1) is 20.9. The van der Waals surface area contributed by atoms with Gasteiger partial charge in [0.25, 0.3) is 5.91 Å². The van der Waals surface area contributed by atoms with Crippen LogP contribution in [-0.2, 0) is 16.1 Å². The lowest BCUT2D eigenvalue weighted by molar-refractivity contribution is -0.123. The highest BCUT2D eigenvalue weighted by Crippen LogP contribution is 2.29. The minimum Gasteiger partial charge on any atom is -0.493 e. The van der Waals surface area contributed by atoms with Crippen molar-refractivity contribution in [1.82, 2.24) is 5.32 Å². The Morgan fingerprint density at radius 3 is 2.50 bits per heavy atom. The fourth-order valence-electron chi connectivity index (χ4n) is 2.30. The summed E-state index contributed by atoms with van der Waals surface area (Å²) < 4.78 is 39.5. The van der Waals surface area contributed by atoms with Gasteiger partial charge in [-0.25, -0.2) is 0 Å².